The molecule has 0 saturated carbocycles. The molecule has 0 saturated heterocycles. The second-order valence-electron chi connectivity index (χ2n) is 7.25. The number of hydrogen-bond acceptors (Lipinski definition) is 4. The van der Waals surface area contributed by atoms with Crippen LogP contribution < -0.4 is 14.8 Å². The van der Waals surface area contributed by atoms with Gasteiger partial charge in [0.25, 0.3) is 5.91 Å². The van der Waals surface area contributed by atoms with Crippen LogP contribution in [0.3, 0.4) is 0 Å². The van der Waals surface area contributed by atoms with E-state index in [-0.39, 0.29) is 30.8 Å². The molecule has 0 radical (unpaired) electrons. The van der Waals surface area contributed by atoms with E-state index in [0.717, 1.165) is 17.5 Å². The zero-order valence-electron chi connectivity index (χ0n) is 17.7. The van der Waals surface area contributed by atoms with E-state index in [0.29, 0.717) is 29.4 Å². The van der Waals surface area contributed by atoms with Crippen LogP contribution in [-0.2, 0) is 4.79 Å². The summed E-state index contributed by atoms with van der Waals surface area (Å²) in [7, 11) is 1.60. The molecule has 0 aliphatic carbocycles. The summed E-state index contributed by atoms with van der Waals surface area (Å²) < 4.78 is 11.1. The van der Waals surface area contributed by atoms with Gasteiger partial charge in [-0.1, -0.05) is 37.8 Å². The van der Waals surface area contributed by atoms with Crippen LogP contribution in [-0.4, -0.2) is 37.0 Å². The van der Waals surface area contributed by atoms with Crippen LogP contribution in [0, 0.1) is 0 Å². The SMILES string of the molecule is C=C1c2ccccc2C(=O)N1CCC(=O)NC(C)c1ccc(OCCC)c(OC)c1. The Balaban J connectivity index is 1.58. The molecule has 0 aromatic heterocycles. The molecule has 6 heteroatoms. The van der Waals surface area contributed by atoms with E-state index in [1.165, 1.54) is 0 Å². The standard InChI is InChI=1S/C24H28N2O4/c1-5-14-30-21-11-10-18(15-22(21)29-4)16(2)25-23(27)12-13-26-17(3)19-8-6-7-9-20(19)24(26)28/h6-11,15-16H,3,5,12-14H2,1-2,4H3,(H,25,27). The van der Waals surface area contributed by atoms with E-state index >= 15 is 0 Å². The van der Waals surface area contributed by atoms with Crippen LogP contribution in [0.15, 0.2) is 49.0 Å². The van der Waals surface area contributed by atoms with Crippen LogP contribution in [0.1, 0.15) is 54.2 Å². The first-order valence-electron chi connectivity index (χ1n) is 10.2. The van der Waals surface area contributed by atoms with Crippen molar-refractivity contribution in [3.8, 4) is 11.5 Å². The molecule has 1 unspecified atom stereocenters. The molecule has 1 aliphatic heterocycles. The third-order valence-electron chi connectivity index (χ3n) is 5.13. The minimum atomic E-state index is -0.207. The van der Waals surface area contributed by atoms with Gasteiger partial charge in [-0.25, -0.2) is 0 Å². The Labute approximate surface area is 177 Å². The maximum atomic E-state index is 12.5. The summed E-state index contributed by atoms with van der Waals surface area (Å²) in [5.41, 5.74) is 3.02. The molecule has 3 rings (SSSR count). The maximum absolute atomic E-state index is 12.5. The topological polar surface area (TPSA) is 67.9 Å². The van der Waals surface area contributed by atoms with Crippen LogP contribution in [0.4, 0.5) is 0 Å². The smallest absolute Gasteiger partial charge is 0.258 e. The number of rotatable bonds is 9. The van der Waals surface area contributed by atoms with Crippen LogP contribution in [0.25, 0.3) is 5.70 Å². The van der Waals surface area contributed by atoms with Crippen molar-refractivity contribution in [3.63, 3.8) is 0 Å². The second kappa shape index (κ2) is 9.48. The minimum Gasteiger partial charge on any atom is -0.493 e. The number of carbonyl (C=O) groups is 2. The van der Waals surface area contributed by atoms with E-state index in [1.807, 2.05) is 50.2 Å². The fourth-order valence-electron chi connectivity index (χ4n) is 3.47. The van der Waals surface area contributed by atoms with Gasteiger partial charge < -0.3 is 19.7 Å². The summed E-state index contributed by atoms with van der Waals surface area (Å²) in [5, 5.41) is 2.98. The number of ether oxygens (including phenoxy) is 2. The van der Waals surface area contributed by atoms with Gasteiger partial charge in [-0.15, -0.1) is 0 Å². The van der Waals surface area contributed by atoms with Gasteiger partial charge in [0.1, 0.15) is 0 Å². The Morgan fingerprint density at radius 3 is 2.57 bits per heavy atom. The fourth-order valence-corrected chi connectivity index (χ4v) is 3.47. The van der Waals surface area contributed by atoms with Gasteiger partial charge in [0.2, 0.25) is 5.91 Å². The van der Waals surface area contributed by atoms with E-state index < -0.39 is 0 Å². The summed E-state index contributed by atoms with van der Waals surface area (Å²) in [6.07, 6.45) is 1.10. The molecule has 2 aromatic rings. The molecular formula is C24H28N2O4. The van der Waals surface area contributed by atoms with Crippen molar-refractivity contribution < 1.29 is 19.1 Å². The average Bonchev–Trinajstić information content (AvgIpc) is 3.00. The number of nitrogens with one attached hydrogen (secondary N) is 1. The number of amides is 2. The van der Waals surface area contributed by atoms with Gasteiger partial charge in [0, 0.05) is 29.8 Å². The van der Waals surface area contributed by atoms with Crippen molar-refractivity contribution in [2.45, 2.75) is 32.7 Å². The second-order valence-corrected chi connectivity index (χ2v) is 7.25. The van der Waals surface area contributed by atoms with Crippen LogP contribution in [0.5, 0.6) is 11.5 Å². The molecule has 30 heavy (non-hydrogen) atoms. The van der Waals surface area contributed by atoms with Crippen LogP contribution in [0.2, 0.25) is 0 Å². The van der Waals surface area contributed by atoms with Gasteiger partial charge in [0.05, 0.1) is 19.8 Å². The van der Waals surface area contributed by atoms with Crippen molar-refractivity contribution in [1.29, 1.82) is 0 Å². The summed E-state index contributed by atoms with van der Waals surface area (Å²) in [5.74, 6) is 1.08. The first-order valence-corrected chi connectivity index (χ1v) is 10.2. The zero-order chi connectivity index (χ0) is 21.7. The molecule has 0 fully saturated rings. The molecule has 1 N–H and O–H groups in total. The average molecular weight is 408 g/mol. The van der Waals surface area contributed by atoms with Gasteiger partial charge in [-0.05, 0) is 37.1 Å². The van der Waals surface area contributed by atoms with E-state index in [2.05, 4.69) is 11.9 Å². The molecule has 158 valence electrons. The van der Waals surface area contributed by atoms with Gasteiger partial charge in [0.15, 0.2) is 11.5 Å². The molecule has 1 atom stereocenters. The van der Waals surface area contributed by atoms with Gasteiger partial charge in [-0.2, -0.15) is 0 Å². The van der Waals surface area contributed by atoms with Crippen molar-refractivity contribution in [1.82, 2.24) is 10.2 Å². The monoisotopic (exact) mass is 408 g/mol. The quantitative estimate of drug-likeness (QED) is 0.676. The normalized spacial score (nSPS) is 13.8. The largest absolute Gasteiger partial charge is 0.493 e. The highest BCUT2D eigenvalue weighted by molar-refractivity contribution is 6.08. The lowest BCUT2D eigenvalue weighted by Crippen LogP contribution is -2.32. The predicted octanol–water partition coefficient (Wildman–Crippen LogP) is 4.18. The van der Waals surface area contributed by atoms with Gasteiger partial charge >= 0.3 is 0 Å². The maximum Gasteiger partial charge on any atom is 0.258 e. The molecule has 6 nitrogen and oxygen atoms in total. The lowest BCUT2D eigenvalue weighted by Gasteiger charge is -2.19. The Kier molecular flexibility index (Phi) is 6.77. The highest BCUT2D eigenvalue weighted by Crippen LogP contribution is 2.32. The van der Waals surface area contributed by atoms with Crippen molar-refractivity contribution in [2.75, 3.05) is 20.3 Å². The Morgan fingerprint density at radius 2 is 1.90 bits per heavy atom. The molecule has 1 heterocycles. The lowest BCUT2D eigenvalue weighted by molar-refractivity contribution is -0.121. The highest BCUT2D eigenvalue weighted by atomic mass is 16.5. The number of hydrogen-bond donors (Lipinski definition) is 1. The first kappa shape index (κ1) is 21.4. The number of benzene rings is 2. The Morgan fingerprint density at radius 1 is 1.17 bits per heavy atom. The molecule has 1 aliphatic rings. The number of fused-ring (bicyclic) bond motifs is 1. The van der Waals surface area contributed by atoms with Crippen molar-refractivity contribution in [2.24, 2.45) is 0 Å². The summed E-state index contributed by atoms with van der Waals surface area (Å²) in [6, 6.07) is 12.8. The molecule has 0 spiro atoms. The summed E-state index contributed by atoms with van der Waals surface area (Å²) in [6.45, 7) is 8.87. The zero-order valence-corrected chi connectivity index (χ0v) is 17.7. The van der Waals surface area contributed by atoms with E-state index in [1.54, 1.807) is 18.1 Å². The van der Waals surface area contributed by atoms with E-state index in [4.69, 9.17) is 9.47 Å². The third kappa shape index (κ3) is 4.48. The van der Waals surface area contributed by atoms with Crippen molar-refractivity contribution in [3.05, 3.63) is 65.7 Å². The fraction of sp³-hybridized carbons (Fsp3) is 0.333. The predicted molar refractivity (Wildman–Crippen MR) is 116 cm³/mol. The number of carbonyl (C=O) groups excluding carboxylic acids is 2. The lowest BCUT2D eigenvalue weighted by atomic mass is 10.1. The summed E-state index contributed by atoms with van der Waals surface area (Å²) in [4.78, 5) is 26.6. The first-order chi connectivity index (χ1) is 14.5. The third-order valence-corrected chi connectivity index (χ3v) is 5.13. The number of nitrogens with zero attached hydrogens (tertiary/aromatic N) is 1. The number of methoxy groups -OCH3 is 1. The summed E-state index contributed by atoms with van der Waals surface area (Å²) >= 11 is 0. The molecule has 0 bridgehead atoms. The Bertz CT molecular complexity index is 919. The van der Waals surface area contributed by atoms with Crippen molar-refractivity contribution >= 4 is 17.5 Å². The van der Waals surface area contributed by atoms with Gasteiger partial charge in [-0.3, -0.25) is 9.59 Å². The Hall–Kier alpha value is -3.28. The molecular weight excluding hydrogens is 380 g/mol. The minimum absolute atomic E-state index is 0.108. The molecule has 2 aromatic carbocycles. The highest BCUT2D eigenvalue weighted by Gasteiger charge is 2.30. The van der Waals surface area contributed by atoms with E-state index in [9.17, 15) is 9.59 Å². The van der Waals surface area contributed by atoms with Crippen LogP contribution >= 0.6 is 0 Å². The molecule has 2 amide bonds.